The van der Waals surface area contributed by atoms with Crippen LogP contribution in [-0.2, 0) is 15.6 Å². The van der Waals surface area contributed by atoms with Gasteiger partial charge in [-0.15, -0.1) is 0 Å². The molecule has 0 amide bonds. The highest BCUT2D eigenvalue weighted by Crippen LogP contribution is 2.47. The number of hydrogen-bond donors (Lipinski definition) is 2. The van der Waals surface area contributed by atoms with E-state index in [1.165, 1.54) is 22.5 Å². The second kappa shape index (κ2) is 9.64. The van der Waals surface area contributed by atoms with Crippen LogP contribution in [0.3, 0.4) is 0 Å². The number of rotatable bonds is 9. The second-order valence-electron chi connectivity index (χ2n) is 9.57. The third-order valence-corrected chi connectivity index (χ3v) is 6.44. The lowest BCUT2D eigenvalue weighted by molar-refractivity contribution is -0.136. The van der Waals surface area contributed by atoms with E-state index in [1.54, 1.807) is 0 Å². The lowest BCUT2D eigenvalue weighted by Crippen LogP contribution is -2.25. The summed E-state index contributed by atoms with van der Waals surface area (Å²) in [5.74, 6) is -0.789. The van der Waals surface area contributed by atoms with Crippen LogP contribution in [0.2, 0.25) is 0 Å². The molecule has 0 unspecified atom stereocenters. The van der Waals surface area contributed by atoms with Gasteiger partial charge in [0.1, 0.15) is 0 Å². The first kappa shape index (κ1) is 23.6. The Hall–Kier alpha value is -3.01. The fraction of sp³-hybridized carbons (Fsp3) is 0.393. The zero-order valence-corrected chi connectivity index (χ0v) is 20.0. The highest BCUT2D eigenvalue weighted by atomic mass is 16.4. The van der Waals surface area contributed by atoms with E-state index >= 15 is 0 Å². The van der Waals surface area contributed by atoms with Gasteiger partial charge < -0.3 is 15.3 Å². The van der Waals surface area contributed by atoms with Gasteiger partial charge in [-0.05, 0) is 48.1 Å². The van der Waals surface area contributed by atoms with Crippen molar-refractivity contribution < 1.29 is 9.90 Å². The van der Waals surface area contributed by atoms with Crippen molar-refractivity contribution in [3.05, 3.63) is 83.6 Å². The molecular weight excluding hydrogens is 396 g/mol. The van der Waals surface area contributed by atoms with E-state index in [4.69, 9.17) is 5.11 Å². The van der Waals surface area contributed by atoms with Crippen LogP contribution in [0.15, 0.2) is 72.5 Å². The number of aliphatic carboxylic acids is 1. The number of allylic oxidation sites excluding steroid dienone is 4. The maximum Gasteiger partial charge on any atom is 0.305 e. The summed E-state index contributed by atoms with van der Waals surface area (Å²) >= 11 is 0. The van der Waals surface area contributed by atoms with Crippen molar-refractivity contribution in [2.24, 2.45) is 0 Å². The van der Waals surface area contributed by atoms with Crippen LogP contribution >= 0.6 is 0 Å². The molecule has 1 heterocycles. The Bertz CT molecular complexity index is 1020. The number of benzene rings is 2. The van der Waals surface area contributed by atoms with E-state index < -0.39 is 5.97 Å². The molecule has 2 N–H and O–H groups in total. The highest BCUT2D eigenvalue weighted by molar-refractivity contribution is 5.70. The minimum absolute atomic E-state index is 0.0207. The summed E-state index contributed by atoms with van der Waals surface area (Å²) in [6.45, 7) is 12.6. The average Bonchev–Trinajstić information content (AvgIpc) is 2.97. The van der Waals surface area contributed by atoms with Gasteiger partial charge in [-0.25, -0.2) is 0 Å². The van der Waals surface area contributed by atoms with Gasteiger partial charge in [-0.2, -0.15) is 0 Å². The average molecular weight is 433 g/mol. The predicted molar refractivity (Wildman–Crippen MR) is 135 cm³/mol. The Kier molecular flexibility index (Phi) is 7.12. The summed E-state index contributed by atoms with van der Waals surface area (Å²) in [5, 5.41) is 12.2. The van der Waals surface area contributed by atoms with Gasteiger partial charge in [0, 0.05) is 35.6 Å². The fourth-order valence-electron chi connectivity index (χ4n) is 4.64. The molecule has 4 heteroatoms. The van der Waals surface area contributed by atoms with E-state index in [0.29, 0.717) is 6.54 Å². The lowest BCUT2D eigenvalue weighted by atomic mass is 9.80. The Balaban J connectivity index is 1.76. The van der Waals surface area contributed by atoms with E-state index in [1.807, 2.05) is 18.2 Å². The molecule has 0 atom stereocenters. The van der Waals surface area contributed by atoms with Gasteiger partial charge in [0.2, 0.25) is 0 Å². The van der Waals surface area contributed by atoms with E-state index in [9.17, 15) is 4.79 Å². The Morgan fingerprint density at radius 3 is 2.53 bits per heavy atom. The molecule has 0 aliphatic carbocycles. The summed E-state index contributed by atoms with van der Waals surface area (Å²) in [6.07, 6.45) is 7.68. The van der Waals surface area contributed by atoms with Gasteiger partial charge in [-0.1, -0.05) is 76.2 Å². The number of carbonyl (C=O) groups is 1. The molecule has 170 valence electrons. The quantitative estimate of drug-likeness (QED) is 0.475. The van der Waals surface area contributed by atoms with Crippen LogP contribution in [0.4, 0.5) is 11.4 Å². The van der Waals surface area contributed by atoms with Gasteiger partial charge >= 0.3 is 5.97 Å². The largest absolute Gasteiger partial charge is 0.481 e. The topological polar surface area (TPSA) is 52.6 Å². The number of carboxylic acid groups (broad SMARTS) is 1. The maximum atomic E-state index is 10.9. The molecule has 0 saturated carbocycles. The minimum Gasteiger partial charge on any atom is -0.481 e. The van der Waals surface area contributed by atoms with Crippen molar-refractivity contribution in [3.63, 3.8) is 0 Å². The Labute approximate surface area is 192 Å². The van der Waals surface area contributed by atoms with E-state index in [2.05, 4.69) is 93.4 Å². The molecular formula is C28H36N2O2. The molecule has 3 rings (SSSR count). The normalized spacial score (nSPS) is 16.5. The van der Waals surface area contributed by atoms with Crippen molar-refractivity contribution in [1.29, 1.82) is 0 Å². The molecule has 1 aliphatic rings. The standard InChI is InChI=1S/C28H36N2O2/c1-6-30-24-16-10-8-14-22(24)28(4,5)25(30)17-11-12-19-27(2,3)21-13-7-9-15-23(21)29-20-18-26(31)32/h7-17,29H,6,18-20H2,1-5H3,(H,31,32)/b12-11+,25-17+. The predicted octanol–water partition coefficient (Wildman–Crippen LogP) is 6.50. The van der Waals surface area contributed by atoms with Gasteiger partial charge in [0.05, 0.1) is 6.42 Å². The van der Waals surface area contributed by atoms with E-state index in [-0.39, 0.29) is 17.3 Å². The van der Waals surface area contributed by atoms with Gasteiger partial charge in [-0.3, -0.25) is 4.79 Å². The number of nitrogens with zero attached hydrogens (tertiary/aromatic N) is 1. The van der Waals surface area contributed by atoms with Crippen LogP contribution in [0.25, 0.3) is 0 Å². The molecule has 2 aromatic rings. The first-order chi connectivity index (χ1) is 15.2. The smallest absolute Gasteiger partial charge is 0.305 e. The summed E-state index contributed by atoms with van der Waals surface area (Å²) in [4.78, 5) is 13.3. The Morgan fingerprint density at radius 2 is 1.81 bits per heavy atom. The molecule has 0 aromatic heterocycles. The lowest BCUT2D eigenvalue weighted by Gasteiger charge is -2.27. The molecule has 0 spiro atoms. The molecule has 0 saturated heterocycles. The van der Waals surface area contributed by atoms with Crippen molar-refractivity contribution in [1.82, 2.24) is 0 Å². The number of likely N-dealkylation sites (N-methyl/N-ethyl adjacent to an activating group) is 1. The summed E-state index contributed by atoms with van der Waals surface area (Å²) in [7, 11) is 0. The first-order valence-electron chi connectivity index (χ1n) is 11.5. The third kappa shape index (κ3) is 4.90. The van der Waals surface area contributed by atoms with Crippen molar-refractivity contribution >= 4 is 17.3 Å². The number of hydrogen-bond acceptors (Lipinski definition) is 3. The van der Waals surface area contributed by atoms with Crippen LogP contribution in [0.5, 0.6) is 0 Å². The first-order valence-corrected chi connectivity index (χ1v) is 11.5. The minimum atomic E-state index is -0.789. The summed E-state index contributed by atoms with van der Waals surface area (Å²) in [6, 6.07) is 16.9. The number of carboxylic acids is 1. The van der Waals surface area contributed by atoms with Crippen LogP contribution in [-0.4, -0.2) is 24.2 Å². The van der Waals surface area contributed by atoms with Crippen LogP contribution in [0, 0.1) is 0 Å². The molecule has 0 bridgehead atoms. The second-order valence-corrected chi connectivity index (χ2v) is 9.57. The van der Waals surface area contributed by atoms with Crippen molar-refractivity contribution in [3.8, 4) is 0 Å². The number of fused-ring (bicyclic) bond motifs is 1. The van der Waals surface area contributed by atoms with Crippen molar-refractivity contribution in [2.75, 3.05) is 23.3 Å². The molecule has 0 radical (unpaired) electrons. The molecule has 0 fully saturated rings. The number of para-hydroxylation sites is 2. The fourth-order valence-corrected chi connectivity index (χ4v) is 4.64. The SMILES string of the molecule is CCN1/C(=C/C=C/CC(C)(C)c2ccccc2NCCC(=O)O)C(C)(C)c2ccccc21. The molecule has 2 aromatic carbocycles. The molecule has 4 nitrogen and oxygen atoms in total. The van der Waals surface area contributed by atoms with Gasteiger partial charge in [0.25, 0.3) is 0 Å². The van der Waals surface area contributed by atoms with Crippen molar-refractivity contribution in [2.45, 2.75) is 58.3 Å². The maximum absolute atomic E-state index is 10.9. The summed E-state index contributed by atoms with van der Waals surface area (Å²) < 4.78 is 0. The third-order valence-electron chi connectivity index (χ3n) is 6.44. The monoisotopic (exact) mass is 432 g/mol. The van der Waals surface area contributed by atoms with Gasteiger partial charge in [0.15, 0.2) is 0 Å². The zero-order valence-electron chi connectivity index (χ0n) is 20.0. The zero-order chi connectivity index (χ0) is 23.4. The number of nitrogens with one attached hydrogen (secondary N) is 1. The van der Waals surface area contributed by atoms with E-state index in [0.717, 1.165) is 18.7 Å². The van der Waals surface area contributed by atoms with Crippen LogP contribution < -0.4 is 10.2 Å². The highest BCUT2D eigenvalue weighted by Gasteiger charge is 2.38. The Morgan fingerprint density at radius 1 is 1.12 bits per heavy atom. The number of anilines is 2. The molecule has 32 heavy (non-hydrogen) atoms. The molecule has 1 aliphatic heterocycles. The van der Waals surface area contributed by atoms with Crippen LogP contribution in [0.1, 0.15) is 58.6 Å². The summed E-state index contributed by atoms with van der Waals surface area (Å²) in [5.41, 5.74) is 6.12.